The molecule has 0 aliphatic carbocycles. The van der Waals surface area contributed by atoms with E-state index in [0.29, 0.717) is 37.7 Å². The molecule has 13 N–H and O–H groups in total. The highest BCUT2D eigenvalue weighted by atomic mass is 16.4. The molecule has 4 rings (SSSR count). The summed E-state index contributed by atoms with van der Waals surface area (Å²) in [6.45, 7) is 10.8. The third-order valence-corrected chi connectivity index (χ3v) is 13.6. The average Bonchev–Trinajstić information content (AvgIpc) is 4.13. The second-order valence-electron chi connectivity index (χ2n) is 20.1. The molecule has 24 heteroatoms. The number of rotatable bonds is 25. The summed E-state index contributed by atoms with van der Waals surface area (Å²) < 4.78 is 0. The lowest BCUT2D eigenvalue weighted by molar-refractivity contribution is -0.149. The van der Waals surface area contributed by atoms with Crippen molar-refractivity contribution >= 4 is 65.0 Å². The molecule has 1 aromatic carbocycles. The zero-order valence-electron chi connectivity index (χ0n) is 42.6. The van der Waals surface area contributed by atoms with Gasteiger partial charge in [-0.1, -0.05) is 60.1 Å². The lowest BCUT2D eigenvalue weighted by Crippen LogP contribution is -2.61. The molecule has 73 heavy (non-hydrogen) atoms. The first kappa shape index (κ1) is 58.7. The monoisotopic (exact) mass is 1030 g/mol. The van der Waals surface area contributed by atoms with Gasteiger partial charge in [-0.2, -0.15) is 0 Å². The van der Waals surface area contributed by atoms with E-state index in [0.717, 1.165) is 0 Å². The number of nitrogens with zero attached hydrogens (tertiary/aromatic N) is 3. The molecular formula is C49H75N11O13. The largest absolute Gasteiger partial charge is 0.508 e. The van der Waals surface area contributed by atoms with Crippen molar-refractivity contribution in [1.29, 1.82) is 0 Å². The fourth-order valence-electron chi connectivity index (χ4n) is 9.48. The second-order valence-corrected chi connectivity index (χ2v) is 20.1. The van der Waals surface area contributed by atoms with E-state index < -0.39 is 144 Å². The first-order valence-corrected chi connectivity index (χ1v) is 25.1. The second kappa shape index (κ2) is 26.7. The van der Waals surface area contributed by atoms with Crippen LogP contribution in [0.5, 0.6) is 5.75 Å². The number of hydrogen-bond acceptors (Lipinski definition) is 13. The van der Waals surface area contributed by atoms with Gasteiger partial charge < -0.3 is 68.7 Å². The van der Waals surface area contributed by atoms with Gasteiger partial charge in [-0.15, -0.1) is 0 Å². The van der Waals surface area contributed by atoms with Gasteiger partial charge in [-0.25, -0.2) is 4.79 Å². The molecule has 3 heterocycles. The van der Waals surface area contributed by atoms with Crippen molar-refractivity contribution in [3.05, 3.63) is 29.8 Å². The molecule has 3 aliphatic heterocycles. The number of aliphatic carboxylic acids is 1. The number of nitrogens with two attached hydrogens (primary N) is 3. The van der Waals surface area contributed by atoms with Crippen molar-refractivity contribution in [3.63, 3.8) is 0 Å². The minimum atomic E-state index is -1.71. The van der Waals surface area contributed by atoms with Crippen LogP contribution in [-0.4, -0.2) is 164 Å². The summed E-state index contributed by atoms with van der Waals surface area (Å²) in [6.07, 6.45) is 0.957. The molecule has 3 aliphatic rings. The predicted molar refractivity (Wildman–Crippen MR) is 263 cm³/mol. The van der Waals surface area contributed by atoms with Gasteiger partial charge in [0.2, 0.25) is 59.1 Å². The minimum Gasteiger partial charge on any atom is -0.508 e. The van der Waals surface area contributed by atoms with Gasteiger partial charge in [-0.3, -0.25) is 47.9 Å². The van der Waals surface area contributed by atoms with E-state index in [1.54, 1.807) is 46.8 Å². The van der Waals surface area contributed by atoms with Gasteiger partial charge in [0.1, 0.15) is 54.1 Å². The van der Waals surface area contributed by atoms with E-state index in [2.05, 4.69) is 26.6 Å². The quantitative estimate of drug-likeness (QED) is 0.0519. The van der Waals surface area contributed by atoms with Crippen LogP contribution in [0, 0.1) is 17.8 Å². The summed E-state index contributed by atoms with van der Waals surface area (Å²) >= 11 is 0. The van der Waals surface area contributed by atoms with Crippen LogP contribution in [0.25, 0.3) is 0 Å². The first-order chi connectivity index (χ1) is 34.3. The van der Waals surface area contributed by atoms with E-state index in [1.165, 1.54) is 26.8 Å². The van der Waals surface area contributed by atoms with Crippen molar-refractivity contribution in [2.45, 2.75) is 167 Å². The fourth-order valence-corrected chi connectivity index (χ4v) is 9.48. The van der Waals surface area contributed by atoms with Crippen LogP contribution < -0.4 is 43.8 Å². The van der Waals surface area contributed by atoms with Crippen LogP contribution in [-0.2, 0) is 59.2 Å². The highest BCUT2D eigenvalue weighted by Gasteiger charge is 2.46. The van der Waals surface area contributed by atoms with E-state index in [1.807, 2.05) is 6.92 Å². The molecule has 0 spiro atoms. The molecule has 3 saturated heterocycles. The average molecular weight is 1030 g/mol. The lowest BCUT2D eigenvalue weighted by atomic mass is 9.96. The van der Waals surface area contributed by atoms with Crippen molar-refractivity contribution in [3.8, 4) is 5.75 Å². The number of aromatic hydroxyl groups is 1. The number of primary amides is 2. The Balaban J connectivity index is 1.48. The number of phenolic OH excluding ortho intramolecular Hbond substituents is 1. The Bertz CT molecular complexity index is 2210. The topological polar surface area (TPSA) is 376 Å². The number of amides is 10. The molecule has 0 saturated carbocycles. The number of likely N-dealkylation sites (tertiary alicyclic amines) is 3. The summed E-state index contributed by atoms with van der Waals surface area (Å²) in [7, 11) is 0. The van der Waals surface area contributed by atoms with Crippen LogP contribution >= 0.6 is 0 Å². The van der Waals surface area contributed by atoms with Crippen LogP contribution in [0.2, 0.25) is 0 Å². The molecule has 0 radical (unpaired) electrons. The Kier molecular flexibility index (Phi) is 21.5. The Labute approximate surface area is 425 Å². The maximum atomic E-state index is 14.4. The molecule has 1 aromatic rings. The third-order valence-electron chi connectivity index (χ3n) is 13.6. The highest BCUT2D eigenvalue weighted by molar-refractivity contribution is 6.00. The zero-order valence-corrected chi connectivity index (χ0v) is 42.6. The van der Waals surface area contributed by atoms with Gasteiger partial charge in [0.15, 0.2) is 0 Å². The first-order valence-electron chi connectivity index (χ1n) is 25.1. The number of carboxylic acid groups (broad SMARTS) is 1. The van der Waals surface area contributed by atoms with Crippen LogP contribution in [0.3, 0.4) is 0 Å². The summed E-state index contributed by atoms with van der Waals surface area (Å²) in [6, 6.07) is -5.17. The summed E-state index contributed by atoms with van der Waals surface area (Å²) in [5.74, 6) is -10.1. The molecule has 0 bridgehead atoms. The number of carbonyl (C=O) groups excluding carboxylic acids is 10. The van der Waals surface area contributed by atoms with E-state index in [4.69, 9.17) is 17.2 Å². The van der Waals surface area contributed by atoms with Gasteiger partial charge in [0, 0.05) is 19.6 Å². The molecule has 0 aromatic heterocycles. The molecule has 10 amide bonds. The van der Waals surface area contributed by atoms with Crippen LogP contribution in [0.1, 0.15) is 111 Å². The van der Waals surface area contributed by atoms with E-state index >= 15 is 0 Å². The number of carbonyl (C=O) groups is 11. The molecular weight excluding hydrogens is 951 g/mol. The summed E-state index contributed by atoms with van der Waals surface area (Å²) in [4.78, 5) is 152. The summed E-state index contributed by atoms with van der Waals surface area (Å²) in [5, 5.41) is 32.1. The Morgan fingerprint density at radius 3 is 1.60 bits per heavy atom. The third kappa shape index (κ3) is 16.1. The van der Waals surface area contributed by atoms with E-state index in [9.17, 15) is 63.0 Å². The highest BCUT2D eigenvalue weighted by Crippen LogP contribution is 2.28. The van der Waals surface area contributed by atoms with Gasteiger partial charge >= 0.3 is 5.97 Å². The predicted octanol–water partition coefficient (Wildman–Crippen LogP) is -1.76. The minimum absolute atomic E-state index is 0.0114. The van der Waals surface area contributed by atoms with Gasteiger partial charge in [0.05, 0.1) is 18.9 Å². The van der Waals surface area contributed by atoms with Crippen LogP contribution in [0.15, 0.2) is 24.3 Å². The van der Waals surface area contributed by atoms with E-state index in [-0.39, 0.29) is 57.0 Å². The van der Waals surface area contributed by atoms with Gasteiger partial charge in [-0.05, 0) is 86.8 Å². The molecule has 24 nitrogen and oxygen atoms in total. The number of hydrogen-bond donors (Lipinski definition) is 10. The number of nitrogens with one attached hydrogen (secondary N) is 5. The number of benzene rings is 1. The van der Waals surface area contributed by atoms with Crippen molar-refractivity contribution in [2.24, 2.45) is 35.0 Å². The SMILES string of the molecule is CC[C@H](C)[C@H](NC(=O)[C@@H]1CCCN1C(=O)[C@@H]1CCCN1C(=O)[C@H](CC(N)=O)NC(=O)[C@H](CC(N)=O)NC(=O)[C@H](CC(C)C)NC(=O)[C@@H](N)Cc1ccc(O)cc1)C(=O)N1CCC[C@H]1C(=O)N[C@H](C(=O)O)C(C)C. The number of carboxylic acids is 1. The zero-order chi connectivity index (χ0) is 54.4. The lowest BCUT2D eigenvalue weighted by Gasteiger charge is -2.35. The molecule has 0 unspecified atom stereocenters. The smallest absolute Gasteiger partial charge is 0.326 e. The van der Waals surface area contributed by atoms with Crippen LogP contribution in [0.4, 0.5) is 0 Å². The summed E-state index contributed by atoms with van der Waals surface area (Å²) in [5.41, 5.74) is 17.8. The molecule has 3 fully saturated rings. The number of phenols is 1. The standard InChI is InChI=1S/C49H75N11O13/c1-7-27(6)40(48(71)59-19-9-12-35(59)44(67)56-39(26(4)5)49(72)73)57-45(68)34-11-8-18-58(34)47(70)36-13-10-20-60(36)46(69)33(24-38(52)63)55-43(66)32(23-37(51)62)54-42(65)31(21-25(2)3)53-41(64)30(50)22-28-14-16-29(61)17-15-28/h14-17,25-27,30-36,39-40,61H,7-13,18-24,50H2,1-6H3,(H2,51,62)(H2,52,63)(H,53,64)(H,54,65)(H,55,66)(H,56,67)(H,57,68)(H,72,73)/t27-,30-,31-,32-,33-,34-,35-,36-,39-,40-/m0/s1. The fraction of sp³-hybridized carbons (Fsp3) is 0.653. The van der Waals surface area contributed by atoms with Crippen molar-refractivity contribution in [2.75, 3.05) is 19.6 Å². The Morgan fingerprint density at radius 2 is 1.08 bits per heavy atom. The van der Waals surface area contributed by atoms with Crippen molar-refractivity contribution in [1.82, 2.24) is 41.3 Å². The van der Waals surface area contributed by atoms with Crippen molar-refractivity contribution < 1.29 is 63.0 Å². The van der Waals surface area contributed by atoms with Gasteiger partial charge in [0.25, 0.3) is 0 Å². The normalized spacial score (nSPS) is 20.5. The molecule has 404 valence electrons. The molecule has 10 atom stereocenters. The maximum Gasteiger partial charge on any atom is 0.326 e. The maximum absolute atomic E-state index is 14.4. The Morgan fingerprint density at radius 1 is 0.616 bits per heavy atom. The Hall–Kier alpha value is -6.85.